The maximum Gasteiger partial charge on any atom is 0.246 e. The quantitative estimate of drug-likeness (QED) is 0.864. The van der Waals surface area contributed by atoms with Gasteiger partial charge in [-0.25, -0.2) is 0 Å². The Morgan fingerprint density at radius 3 is 2.54 bits per heavy atom. The van der Waals surface area contributed by atoms with Gasteiger partial charge < -0.3 is 10.2 Å². The van der Waals surface area contributed by atoms with Crippen LogP contribution in [-0.4, -0.2) is 29.8 Å². The van der Waals surface area contributed by atoms with Crippen LogP contribution in [0.4, 0.5) is 5.69 Å². The van der Waals surface area contributed by atoms with Crippen LogP contribution in [0.25, 0.3) is 6.08 Å². The fourth-order valence-electron chi connectivity index (χ4n) is 2.78. The summed E-state index contributed by atoms with van der Waals surface area (Å²) in [6.07, 6.45) is 4.86. The highest BCUT2D eigenvalue weighted by Gasteiger charge is 2.26. The average Bonchev–Trinajstić information content (AvgIpc) is 3.13. The van der Waals surface area contributed by atoms with Crippen molar-refractivity contribution in [2.75, 3.05) is 18.4 Å². The van der Waals surface area contributed by atoms with Crippen LogP contribution in [0.15, 0.2) is 53.2 Å². The molecule has 1 N–H and O–H groups in total. The zero-order valence-corrected chi connectivity index (χ0v) is 14.2. The number of piperidine rings is 1. The monoisotopic (exact) mass is 340 g/mol. The fraction of sp³-hybridized carbons (Fsp3) is 0.263. The lowest BCUT2D eigenvalue weighted by atomic mass is 9.95. The molecule has 1 aromatic carbocycles. The molecule has 1 fully saturated rings. The maximum atomic E-state index is 12.2. The van der Waals surface area contributed by atoms with Gasteiger partial charge in [-0.05, 0) is 35.9 Å². The molecular formula is C19H20N2O2S. The summed E-state index contributed by atoms with van der Waals surface area (Å²) >= 11 is 1.56. The summed E-state index contributed by atoms with van der Waals surface area (Å²) < 4.78 is 0. The second kappa shape index (κ2) is 7.93. The molecule has 1 aliphatic heterocycles. The van der Waals surface area contributed by atoms with Crippen molar-refractivity contribution >= 4 is 34.9 Å². The van der Waals surface area contributed by atoms with E-state index in [1.54, 1.807) is 17.4 Å². The van der Waals surface area contributed by atoms with Crippen molar-refractivity contribution in [1.29, 1.82) is 0 Å². The Balaban J connectivity index is 1.48. The van der Waals surface area contributed by atoms with Crippen molar-refractivity contribution in [3.63, 3.8) is 0 Å². The molecule has 0 saturated carbocycles. The molecule has 4 nitrogen and oxygen atoms in total. The van der Waals surface area contributed by atoms with E-state index >= 15 is 0 Å². The predicted molar refractivity (Wildman–Crippen MR) is 97.7 cm³/mol. The van der Waals surface area contributed by atoms with Crippen molar-refractivity contribution in [1.82, 2.24) is 4.90 Å². The van der Waals surface area contributed by atoms with E-state index < -0.39 is 0 Å². The number of amides is 2. The molecule has 0 aliphatic carbocycles. The van der Waals surface area contributed by atoms with Gasteiger partial charge in [0, 0.05) is 30.5 Å². The first kappa shape index (κ1) is 16.5. The minimum Gasteiger partial charge on any atom is -0.339 e. The van der Waals surface area contributed by atoms with Gasteiger partial charge in [0.15, 0.2) is 0 Å². The zero-order chi connectivity index (χ0) is 16.8. The first-order valence-corrected chi connectivity index (χ1v) is 9.02. The number of benzene rings is 1. The number of nitrogens with zero attached hydrogens (tertiary/aromatic N) is 1. The Bertz CT molecular complexity index is 702. The van der Waals surface area contributed by atoms with Gasteiger partial charge in [0.25, 0.3) is 0 Å². The molecule has 24 heavy (non-hydrogen) atoms. The predicted octanol–water partition coefficient (Wildman–Crippen LogP) is 3.64. The lowest BCUT2D eigenvalue weighted by molar-refractivity contribution is -0.130. The van der Waals surface area contributed by atoms with Crippen molar-refractivity contribution in [3.8, 4) is 0 Å². The van der Waals surface area contributed by atoms with E-state index in [-0.39, 0.29) is 17.7 Å². The Morgan fingerprint density at radius 1 is 1.12 bits per heavy atom. The Kier molecular flexibility index (Phi) is 5.43. The second-order valence-corrected chi connectivity index (χ2v) is 6.62. The number of thiophene rings is 1. The third kappa shape index (κ3) is 4.32. The fourth-order valence-corrected chi connectivity index (χ4v) is 3.37. The van der Waals surface area contributed by atoms with E-state index in [0.29, 0.717) is 25.9 Å². The molecule has 124 valence electrons. The number of carbonyl (C=O) groups is 2. The molecule has 0 unspecified atom stereocenters. The van der Waals surface area contributed by atoms with E-state index in [1.165, 1.54) is 0 Å². The first-order valence-electron chi connectivity index (χ1n) is 8.07. The molecular weight excluding hydrogens is 320 g/mol. The molecule has 0 atom stereocenters. The summed E-state index contributed by atoms with van der Waals surface area (Å²) in [6, 6.07) is 11.7. The minimum absolute atomic E-state index is 0.00976. The van der Waals surface area contributed by atoms with Gasteiger partial charge in [0.1, 0.15) is 0 Å². The number of likely N-dealkylation sites (tertiary alicyclic amines) is 1. The molecule has 5 heteroatoms. The summed E-state index contributed by atoms with van der Waals surface area (Å²) in [7, 11) is 0. The van der Waals surface area contributed by atoms with E-state index in [9.17, 15) is 9.59 Å². The third-order valence-corrected chi connectivity index (χ3v) is 4.87. The number of nitrogens with one attached hydrogen (secondary N) is 1. The van der Waals surface area contributed by atoms with Crippen LogP contribution < -0.4 is 5.32 Å². The van der Waals surface area contributed by atoms with Gasteiger partial charge in [-0.15, -0.1) is 0 Å². The summed E-state index contributed by atoms with van der Waals surface area (Å²) in [5.74, 6) is 0.0444. The van der Waals surface area contributed by atoms with Crippen molar-refractivity contribution in [2.45, 2.75) is 12.8 Å². The number of anilines is 1. The highest BCUT2D eigenvalue weighted by Crippen LogP contribution is 2.21. The third-order valence-electron chi connectivity index (χ3n) is 4.18. The van der Waals surface area contributed by atoms with E-state index in [2.05, 4.69) is 5.32 Å². The Labute approximate surface area is 145 Å². The topological polar surface area (TPSA) is 49.4 Å². The Hall–Kier alpha value is -2.40. The van der Waals surface area contributed by atoms with Crippen LogP contribution in [0.2, 0.25) is 0 Å². The smallest absolute Gasteiger partial charge is 0.246 e. The highest BCUT2D eigenvalue weighted by molar-refractivity contribution is 7.08. The lowest BCUT2D eigenvalue weighted by Crippen LogP contribution is -2.40. The number of hydrogen-bond acceptors (Lipinski definition) is 3. The molecule has 2 amide bonds. The largest absolute Gasteiger partial charge is 0.339 e. The van der Waals surface area contributed by atoms with Gasteiger partial charge in [-0.3, -0.25) is 9.59 Å². The maximum absolute atomic E-state index is 12.2. The van der Waals surface area contributed by atoms with Gasteiger partial charge in [0.05, 0.1) is 5.69 Å². The Morgan fingerprint density at radius 2 is 1.88 bits per heavy atom. The summed E-state index contributed by atoms with van der Waals surface area (Å²) in [5.41, 5.74) is 1.87. The lowest BCUT2D eigenvalue weighted by Gasteiger charge is -2.30. The number of carbonyl (C=O) groups excluding carboxylic acids is 2. The van der Waals surface area contributed by atoms with E-state index in [1.807, 2.05) is 58.1 Å². The van der Waals surface area contributed by atoms with E-state index in [0.717, 1.165) is 11.3 Å². The number of hydrogen-bond donors (Lipinski definition) is 1. The molecule has 0 bridgehead atoms. The van der Waals surface area contributed by atoms with Crippen LogP contribution in [-0.2, 0) is 9.59 Å². The van der Waals surface area contributed by atoms with Crippen molar-refractivity contribution < 1.29 is 9.59 Å². The summed E-state index contributed by atoms with van der Waals surface area (Å²) in [5, 5.41) is 6.80. The van der Waals surface area contributed by atoms with Gasteiger partial charge in [0.2, 0.25) is 11.8 Å². The standard InChI is InChI=1S/C19H20N2O2S/c22-18(7-6-15-4-2-1-3-5-15)21-11-8-16(9-12-21)19(23)20-17-10-13-24-14-17/h1-7,10,13-14,16H,8-9,11-12H2,(H,20,23)/b7-6+. The molecule has 0 spiro atoms. The highest BCUT2D eigenvalue weighted by atomic mass is 32.1. The zero-order valence-electron chi connectivity index (χ0n) is 13.4. The summed E-state index contributed by atoms with van der Waals surface area (Å²) in [6.45, 7) is 1.25. The molecule has 0 radical (unpaired) electrons. The molecule has 1 saturated heterocycles. The minimum atomic E-state index is -0.0212. The molecule has 1 aromatic heterocycles. The normalized spacial score (nSPS) is 15.6. The SMILES string of the molecule is O=C(Nc1ccsc1)C1CCN(C(=O)/C=C/c2ccccc2)CC1. The van der Waals surface area contributed by atoms with Crippen LogP contribution in [0.1, 0.15) is 18.4 Å². The molecule has 2 aromatic rings. The van der Waals surface area contributed by atoms with Crippen LogP contribution in [0.3, 0.4) is 0 Å². The molecule has 2 heterocycles. The van der Waals surface area contributed by atoms with Gasteiger partial charge in [-0.1, -0.05) is 30.3 Å². The molecule has 1 aliphatic rings. The first-order chi connectivity index (χ1) is 11.7. The van der Waals surface area contributed by atoms with Crippen LogP contribution in [0, 0.1) is 5.92 Å². The van der Waals surface area contributed by atoms with Crippen LogP contribution >= 0.6 is 11.3 Å². The van der Waals surface area contributed by atoms with Crippen molar-refractivity contribution in [3.05, 3.63) is 58.8 Å². The van der Waals surface area contributed by atoms with Crippen molar-refractivity contribution in [2.24, 2.45) is 5.92 Å². The molecule has 3 rings (SSSR count). The van der Waals surface area contributed by atoms with Crippen LogP contribution in [0.5, 0.6) is 0 Å². The van der Waals surface area contributed by atoms with E-state index in [4.69, 9.17) is 0 Å². The van der Waals surface area contributed by atoms with Gasteiger partial charge >= 0.3 is 0 Å². The average molecular weight is 340 g/mol. The van der Waals surface area contributed by atoms with Gasteiger partial charge in [-0.2, -0.15) is 11.3 Å². The number of rotatable bonds is 4. The second-order valence-electron chi connectivity index (χ2n) is 5.84. The summed E-state index contributed by atoms with van der Waals surface area (Å²) in [4.78, 5) is 26.3.